The Morgan fingerprint density at radius 2 is 1.89 bits per heavy atom. The van der Waals surface area contributed by atoms with Crippen LogP contribution in [0.5, 0.6) is 0 Å². The molecule has 19 heavy (non-hydrogen) atoms. The van der Waals surface area contributed by atoms with E-state index < -0.39 is 0 Å². The fraction of sp³-hybridized carbons (Fsp3) is 0.667. The third-order valence-corrected chi connectivity index (χ3v) is 3.52. The normalized spacial score (nSPS) is 20.3. The predicted molar refractivity (Wildman–Crippen MR) is 72.6 cm³/mol. The predicted octanol–water partition coefficient (Wildman–Crippen LogP) is 0.607. The van der Waals surface area contributed by atoms with Gasteiger partial charge in [-0.1, -0.05) is 0 Å². The molecule has 0 aromatic carbocycles. The number of ether oxygens (including phenoxy) is 1. The molecule has 7 nitrogen and oxygen atoms in total. The zero-order valence-electron chi connectivity index (χ0n) is 11.1. The molecule has 0 unspecified atom stereocenters. The maximum atomic E-state index is 5.54. The lowest BCUT2D eigenvalue weighted by Crippen LogP contribution is -2.40. The van der Waals surface area contributed by atoms with E-state index in [1.807, 2.05) is 6.92 Å². The van der Waals surface area contributed by atoms with E-state index in [2.05, 4.69) is 25.8 Å². The van der Waals surface area contributed by atoms with Crippen LogP contribution in [0.1, 0.15) is 30.1 Å². The Morgan fingerprint density at radius 1 is 1.21 bits per heavy atom. The number of nitrogen functional groups attached to an aromatic ring is 1. The van der Waals surface area contributed by atoms with Gasteiger partial charge in [-0.05, 0) is 19.8 Å². The van der Waals surface area contributed by atoms with Gasteiger partial charge in [0.1, 0.15) is 17.5 Å². The summed E-state index contributed by atoms with van der Waals surface area (Å²) in [6.45, 7) is 5.17. The average molecular weight is 264 g/mol. The lowest BCUT2D eigenvalue weighted by Gasteiger charge is -2.28. The fourth-order valence-electron chi connectivity index (χ4n) is 2.13. The Morgan fingerprint density at radius 3 is 2.53 bits per heavy atom. The van der Waals surface area contributed by atoms with E-state index in [9.17, 15) is 0 Å². The molecule has 4 N–H and O–H groups in total. The Labute approximate surface area is 112 Å². The number of morpholine rings is 1. The fourth-order valence-corrected chi connectivity index (χ4v) is 2.13. The van der Waals surface area contributed by atoms with Gasteiger partial charge in [-0.3, -0.25) is 0 Å². The van der Waals surface area contributed by atoms with Crippen LogP contribution in [-0.4, -0.2) is 41.3 Å². The van der Waals surface area contributed by atoms with Crippen molar-refractivity contribution in [1.29, 1.82) is 0 Å². The number of nitrogens with two attached hydrogens (primary N) is 1. The minimum absolute atomic E-state index is 0.498. The molecule has 0 amide bonds. The minimum Gasteiger partial charge on any atom is -0.379 e. The molecule has 0 atom stereocenters. The number of nitrogens with zero attached hydrogens (tertiary/aromatic N) is 3. The lowest BCUT2D eigenvalue weighted by molar-refractivity contribution is 0.0494. The van der Waals surface area contributed by atoms with Crippen molar-refractivity contribution in [3.8, 4) is 0 Å². The molecule has 1 aromatic rings. The van der Waals surface area contributed by atoms with E-state index >= 15 is 0 Å². The van der Waals surface area contributed by atoms with E-state index in [-0.39, 0.29) is 0 Å². The Bertz CT molecular complexity index is 456. The SMILES string of the molecule is Cc1c(NN)nc(C2CC2)nc1NN1CCOCC1. The lowest BCUT2D eigenvalue weighted by atomic mass is 10.3. The van der Waals surface area contributed by atoms with Gasteiger partial charge in [-0.2, -0.15) is 0 Å². The molecule has 2 aliphatic rings. The summed E-state index contributed by atoms with van der Waals surface area (Å²) in [6, 6.07) is 0. The molecular weight excluding hydrogens is 244 g/mol. The molecule has 2 fully saturated rings. The van der Waals surface area contributed by atoms with Crippen LogP contribution < -0.4 is 16.7 Å². The molecule has 104 valence electrons. The van der Waals surface area contributed by atoms with E-state index in [1.165, 1.54) is 12.8 Å². The molecule has 3 rings (SSSR count). The van der Waals surface area contributed by atoms with E-state index in [1.54, 1.807) is 0 Å². The van der Waals surface area contributed by atoms with Gasteiger partial charge in [-0.15, -0.1) is 0 Å². The van der Waals surface area contributed by atoms with Gasteiger partial charge in [0.15, 0.2) is 0 Å². The number of nitrogens with one attached hydrogen (secondary N) is 2. The topological polar surface area (TPSA) is 88.3 Å². The van der Waals surface area contributed by atoms with Crippen LogP contribution >= 0.6 is 0 Å². The second-order valence-electron chi connectivity index (χ2n) is 5.03. The molecule has 1 saturated heterocycles. The first kappa shape index (κ1) is 12.6. The summed E-state index contributed by atoms with van der Waals surface area (Å²) >= 11 is 0. The number of rotatable bonds is 4. The number of hydrogen-bond donors (Lipinski definition) is 3. The summed E-state index contributed by atoms with van der Waals surface area (Å²) in [7, 11) is 0. The largest absolute Gasteiger partial charge is 0.379 e. The van der Waals surface area contributed by atoms with Crippen LogP contribution in [-0.2, 0) is 4.74 Å². The molecule has 0 bridgehead atoms. The van der Waals surface area contributed by atoms with Crippen molar-refractivity contribution in [3.63, 3.8) is 0 Å². The molecule has 1 aliphatic heterocycles. The van der Waals surface area contributed by atoms with Crippen LogP contribution in [0.15, 0.2) is 0 Å². The zero-order valence-corrected chi connectivity index (χ0v) is 11.1. The molecule has 2 heterocycles. The highest BCUT2D eigenvalue weighted by Gasteiger charge is 2.28. The smallest absolute Gasteiger partial charge is 0.149 e. The van der Waals surface area contributed by atoms with E-state index in [4.69, 9.17) is 10.6 Å². The quantitative estimate of drug-likeness (QED) is 0.542. The van der Waals surface area contributed by atoms with Gasteiger partial charge in [0.25, 0.3) is 0 Å². The highest BCUT2D eigenvalue weighted by atomic mass is 16.5. The van der Waals surface area contributed by atoms with Crippen LogP contribution in [0.2, 0.25) is 0 Å². The number of hydrazine groups is 2. The first-order valence-electron chi connectivity index (χ1n) is 6.72. The van der Waals surface area contributed by atoms with Crippen molar-refractivity contribution in [2.75, 3.05) is 37.2 Å². The Balaban J connectivity index is 1.83. The monoisotopic (exact) mass is 264 g/mol. The van der Waals surface area contributed by atoms with Crippen LogP contribution in [0.25, 0.3) is 0 Å². The minimum atomic E-state index is 0.498. The summed E-state index contributed by atoms with van der Waals surface area (Å²) in [5.41, 5.74) is 6.96. The highest BCUT2D eigenvalue weighted by molar-refractivity contribution is 5.56. The summed E-state index contributed by atoms with van der Waals surface area (Å²) in [5, 5.41) is 2.12. The third kappa shape index (κ3) is 2.78. The Kier molecular flexibility index (Phi) is 3.50. The zero-order chi connectivity index (χ0) is 13.2. The molecule has 1 aromatic heterocycles. The molecule has 1 aliphatic carbocycles. The highest BCUT2D eigenvalue weighted by Crippen LogP contribution is 2.39. The van der Waals surface area contributed by atoms with Gasteiger partial charge in [0.2, 0.25) is 0 Å². The standard InChI is InChI=1S/C12H20N6O/c1-8-10(16-13)14-12(9-2-3-9)15-11(8)17-18-4-6-19-7-5-18/h9H,2-7,13H2,1H3,(H2,14,15,16,17). The number of aromatic nitrogens is 2. The third-order valence-electron chi connectivity index (χ3n) is 3.52. The Hall–Kier alpha value is -1.44. The molecule has 7 heteroatoms. The second-order valence-corrected chi connectivity index (χ2v) is 5.03. The number of anilines is 2. The van der Waals surface area contributed by atoms with Crippen molar-refractivity contribution in [1.82, 2.24) is 15.0 Å². The number of hydrogen-bond acceptors (Lipinski definition) is 7. The summed E-state index contributed by atoms with van der Waals surface area (Å²) < 4.78 is 5.34. The molecule has 0 spiro atoms. The second kappa shape index (κ2) is 5.28. The van der Waals surface area contributed by atoms with E-state index in [0.29, 0.717) is 11.7 Å². The summed E-state index contributed by atoms with van der Waals surface area (Å²) in [6.07, 6.45) is 2.34. The first-order chi connectivity index (χ1) is 9.28. The van der Waals surface area contributed by atoms with Gasteiger partial charge in [0, 0.05) is 24.6 Å². The van der Waals surface area contributed by atoms with E-state index in [0.717, 1.165) is 43.5 Å². The molecular formula is C12H20N6O. The average Bonchev–Trinajstić information content (AvgIpc) is 3.27. The van der Waals surface area contributed by atoms with Gasteiger partial charge >= 0.3 is 0 Å². The maximum absolute atomic E-state index is 5.54. The summed E-state index contributed by atoms with van der Waals surface area (Å²) in [5.74, 6) is 8.46. The van der Waals surface area contributed by atoms with Crippen molar-refractivity contribution in [2.24, 2.45) is 5.84 Å². The van der Waals surface area contributed by atoms with Crippen molar-refractivity contribution < 1.29 is 4.74 Å². The molecule has 0 radical (unpaired) electrons. The first-order valence-corrected chi connectivity index (χ1v) is 6.72. The van der Waals surface area contributed by atoms with Crippen LogP contribution in [0.4, 0.5) is 11.6 Å². The van der Waals surface area contributed by atoms with Crippen LogP contribution in [0, 0.1) is 6.92 Å². The van der Waals surface area contributed by atoms with Gasteiger partial charge < -0.3 is 15.6 Å². The van der Waals surface area contributed by atoms with Crippen molar-refractivity contribution in [3.05, 3.63) is 11.4 Å². The van der Waals surface area contributed by atoms with Gasteiger partial charge in [-0.25, -0.2) is 20.8 Å². The van der Waals surface area contributed by atoms with Crippen LogP contribution in [0.3, 0.4) is 0 Å². The van der Waals surface area contributed by atoms with Crippen molar-refractivity contribution in [2.45, 2.75) is 25.7 Å². The van der Waals surface area contributed by atoms with Crippen molar-refractivity contribution >= 4 is 11.6 Å². The summed E-state index contributed by atoms with van der Waals surface area (Å²) in [4.78, 5) is 9.11. The molecule has 1 saturated carbocycles. The van der Waals surface area contributed by atoms with Gasteiger partial charge in [0.05, 0.1) is 13.2 Å². The maximum Gasteiger partial charge on any atom is 0.149 e.